The Kier molecular flexibility index (Phi) is 5.63. The lowest BCUT2D eigenvalue weighted by molar-refractivity contribution is 0.214. The van der Waals surface area contributed by atoms with E-state index in [4.69, 9.17) is 0 Å². The van der Waals surface area contributed by atoms with Crippen LogP contribution in [0.15, 0.2) is 18.2 Å². The minimum Gasteiger partial charge on any atom is -0.508 e. The number of hydrogen-bond donors (Lipinski definition) is 3. The van der Waals surface area contributed by atoms with Crippen LogP contribution in [0, 0.1) is 12.8 Å². The predicted octanol–water partition coefficient (Wildman–Crippen LogP) is 2.76. The van der Waals surface area contributed by atoms with Crippen LogP contribution in [0.1, 0.15) is 44.4 Å². The van der Waals surface area contributed by atoms with E-state index in [2.05, 4.69) is 19.2 Å². The van der Waals surface area contributed by atoms with E-state index in [0.717, 1.165) is 17.5 Å². The quantitative estimate of drug-likeness (QED) is 0.728. The van der Waals surface area contributed by atoms with Gasteiger partial charge in [0.1, 0.15) is 5.75 Å². The minimum atomic E-state index is 0.0292. The smallest absolute Gasteiger partial charge is 0.120 e. The van der Waals surface area contributed by atoms with Gasteiger partial charge >= 0.3 is 0 Å². The highest BCUT2D eigenvalue weighted by atomic mass is 16.3. The molecule has 0 fully saturated rings. The molecule has 0 aliphatic rings. The highest BCUT2D eigenvalue weighted by molar-refractivity contribution is 5.37. The summed E-state index contributed by atoms with van der Waals surface area (Å²) >= 11 is 0. The average Bonchev–Trinajstić information content (AvgIpc) is 2.27. The van der Waals surface area contributed by atoms with Crippen molar-refractivity contribution in [3.05, 3.63) is 29.3 Å². The van der Waals surface area contributed by atoms with E-state index < -0.39 is 0 Å². The third-order valence-electron chi connectivity index (χ3n) is 3.11. The molecule has 1 aromatic carbocycles. The van der Waals surface area contributed by atoms with Gasteiger partial charge in [0.2, 0.25) is 0 Å². The third kappa shape index (κ3) is 4.31. The van der Waals surface area contributed by atoms with Crippen LogP contribution in [0.5, 0.6) is 5.75 Å². The summed E-state index contributed by atoms with van der Waals surface area (Å²) in [4.78, 5) is 0. The van der Waals surface area contributed by atoms with Gasteiger partial charge in [-0.25, -0.2) is 0 Å². The topological polar surface area (TPSA) is 52.5 Å². The van der Waals surface area contributed by atoms with Crippen LogP contribution < -0.4 is 5.32 Å². The Morgan fingerprint density at radius 1 is 1.22 bits per heavy atom. The van der Waals surface area contributed by atoms with Crippen LogP contribution in [0.4, 0.5) is 0 Å². The molecule has 102 valence electrons. The number of aliphatic hydroxyl groups is 1. The number of nitrogens with one attached hydrogen (secondary N) is 1. The van der Waals surface area contributed by atoms with Gasteiger partial charge in [0.15, 0.2) is 0 Å². The van der Waals surface area contributed by atoms with E-state index in [1.54, 1.807) is 6.07 Å². The van der Waals surface area contributed by atoms with E-state index in [1.165, 1.54) is 0 Å². The third-order valence-corrected chi connectivity index (χ3v) is 3.11. The molecule has 2 atom stereocenters. The summed E-state index contributed by atoms with van der Waals surface area (Å²) in [6.07, 6.45) is 0.924. The summed E-state index contributed by atoms with van der Waals surface area (Å²) < 4.78 is 0. The molecule has 0 aliphatic carbocycles. The first-order valence-corrected chi connectivity index (χ1v) is 6.60. The van der Waals surface area contributed by atoms with E-state index in [9.17, 15) is 10.2 Å². The van der Waals surface area contributed by atoms with Crippen molar-refractivity contribution < 1.29 is 10.2 Å². The van der Waals surface area contributed by atoms with E-state index >= 15 is 0 Å². The van der Waals surface area contributed by atoms with Crippen molar-refractivity contribution in [3.63, 3.8) is 0 Å². The maximum Gasteiger partial charge on any atom is 0.120 e. The Bertz CT molecular complexity index is 377. The zero-order valence-electron chi connectivity index (χ0n) is 11.8. The molecule has 0 radical (unpaired) electrons. The summed E-state index contributed by atoms with van der Waals surface area (Å²) in [6, 6.07) is 5.79. The summed E-state index contributed by atoms with van der Waals surface area (Å²) in [5.41, 5.74) is 1.92. The molecule has 1 aromatic rings. The molecule has 0 spiro atoms. The Labute approximate surface area is 110 Å². The van der Waals surface area contributed by atoms with Gasteiger partial charge in [0.05, 0.1) is 6.61 Å². The second-order valence-corrected chi connectivity index (χ2v) is 5.46. The number of aryl methyl sites for hydroxylation is 1. The van der Waals surface area contributed by atoms with Crippen LogP contribution in [0.2, 0.25) is 0 Å². The molecule has 0 aromatic heterocycles. The van der Waals surface area contributed by atoms with Gasteiger partial charge in [-0.15, -0.1) is 0 Å². The zero-order valence-corrected chi connectivity index (χ0v) is 11.8. The molecule has 1 rings (SSSR count). The number of phenols is 1. The summed E-state index contributed by atoms with van der Waals surface area (Å²) in [5, 5.41) is 22.7. The van der Waals surface area contributed by atoms with Gasteiger partial charge in [0.25, 0.3) is 0 Å². The van der Waals surface area contributed by atoms with Gasteiger partial charge in [-0.05, 0) is 37.8 Å². The van der Waals surface area contributed by atoms with Crippen molar-refractivity contribution in [3.8, 4) is 5.75 Å². The van der Waals surface area contributed by atoms with Crippen LogP contribution in [-0.2, 0) is 0 Å². The minimum absolute atomic E-state index is 0.0292. The molecule has 3 N–H and O–H groups in total. The van der Waals surface area contributed by atoms with Crippen molar-refractivity contribution in [1.29, 1.82) is 0 Å². The van der Waals surface area contributed by atoms with Crippen molar-refractivity contribution >= 4 is 0 Å². The number of aromatic hydroxyl groups is 1. The summed E-state index contributed by atoms with van der Waals surface area (Å²) in [6.45, 7) is 8.36. The molecule has 0 amide bonds. The lowest BCUT2D eigenvalue weighted by Crippen LogP contribution is -2.35. The van der Waals surface area contributed by atoms with Crippen LogP contribution in [0.3, 0.4) is 0 Å². The zero-order chi connectivity index (χ0) is 13.7. The molecular weight excluding hydrogens is 226 g/mol. The first-order chi connectivity index (χ1) is 8.43. The first-order valence-electron chi connectivity index (χ1n) is 6.60. The molecule has 0 saturated heterocycles. The number of rotatable bonds is 6. The molecular formula is C15H25NO2. The molecule has 18 heavy (non-hydrogen) atoms. The number of phenolic OH excluding ortho intramolecular Hbond substituents is 1. The molecule has 0 bridgehead atoms. The number of benzene rings is 1. The fourth-order valence-corrected chi connectivity index (χ4v) is 2.23. The fourth-order valence-electron chi connectivity index (χ4n) is 2.23. The van der Waals surface area contributed by atoms with Crippen molar-refractivity contribution in [1.82, 2.24) is 5.32 Å². The Hall–Kier alpha value is -1.06. The number of hydrogen-bond acceptors (Lipinski definition) is 3. The Balaban J connectivity index is 2.71. The molecule has 3 nitrogen and oxygen atoms in total. The molecule has 0 aliphatic heterocycles. The Morgan fingerprint density at radius 2 is 1.89 bits per heavy atom. The molecule has 0 heterocycles. The van der Waals surface area contributed by atoms with Crippen LogP contribution in [0.25, 0.3) is 0 Å². The largest absolute Gasteiger partial charge is 0.508 e. The van der Waals surface area contributed by atoms with Gasteiger partial charge in [-0.3, -0.25) is 0 Å². The second kappa shape index (κ2) is 6.76. The second-order valence-electron chi connectivity index (χ2n) is 5.46. The maximum absolute atomic E-state index is 9.93. The molecule has 0 saturated carbocycles. The predicted molar refractivity (Wildman–Crippen MR) is 74.7 cm³/mol. The summed E-state index contributed by atoms with van der Waals surface area (Å²) in [5.74, 6) is 0.852. The van der Waals surface area contributed by atoms with Gasteiger partial charge in [-0.1, -0.05) is 26.0 Å². The number of aliphatic hydroxyl groups excluding tert-OH is 1. The maximum atomic E-state index is 9.93. The van der Waals surface area contributed by atoms with Crippen molar-refractivity contribution in [2.24, 2.45) is 5.92 Å². The first kappa shape index (κ1) is 15.0. The van der Waals surface area contributed by atoms with E-state index in [-0.39, 0.29) is 18.7 Å². The van der Waals surface area contributed by atoms with Crippen molar-refractivity contribution in [2.75, 3.05) is 6.61 Å². The van der Waals surface area contributed by atoms with Gasteiger partial charge in [0, 0.05) is 17.6 Å². The SMILES string of the molecule is Cc1ccc(C(C)NC(CO)CC(C)C)c(O)c1. The van der Waals surface area contributed by atoms with Crippen molar-refractivity contribution in [2.45, 2.75) is 46.2 Å². The lowest BCUT2D eigenvalue weighted by Gasteiger charge is -2.24. The summed E-state index contributed by atoms with van der Waals surface area (Å²) in [7, 11) is 0. The monoisotopic (exact) mass is 251 g/mol. The highest BCUT2D eigenvalue weighted by Gasteiger charge is 2.16. The van der Waals surface area contributed by atoms with Crippen LogP contribution in [-0.4, -0.2) is 22.9 Å². The Morgan fingerprint density at radius 3 is 2.39 bits per heavy atom. The molecule has 3 heteroatoms. The van der Waals surface area contributed by atoms with E-state index in [0.29, 0.717) is 11.7 Å². The van der Waals surface area contributed by atoms with E-state index in [1.807, 2.05) is 26.0 Å². The van der Waals surface area contributed by atoms with Gasteiger partial charge in [-0.2, -0.15) is 0 Å². The normalized spacial score (nSPS) is 14.8. The van der Waals surface area contributed by atoms with Gasteiger partial charge < -0.3 is 15.5 Å². The lowest BCUT2D eigenvalue weighted by atomic mass is 10.0. The van der Waals surface area contributed by atoms with Crippen LogP contribution >= 0.6 is 0 Å². The average molecular weight is 251 g/mol. The fraction of sp³-hybridized carbons (Fsp3) is 0.600. The highest BCUT2D eigenvalue weighted by Crippen LogP contribution is 2.25. The molecule has 2 unspecified atom stereocenters. The standard InChI is InChI=1S/C15H25NO2/c1-10(2)7-13(9-17)16-12(4)14-6-5-11(3)8-15(14)18/h5-6,8,10,12-13,16-18H,7,9H2,1-4H3.